The highest BCUT2D eigenvalue weighted by atomic mass is 31.2. The zero-order valence-corrected chi connectivity index (χ0v) is 37.5. The third-order valence-electron chi connectivity index (χ3n) is 10.0. The quantitative estimate of drug-likeness (QED) is 0.0197. The molecular formula is C45H88NO8P. The molecule has 0 aromatic heterocycles. The second kappa shape index (κ2) is 38.3. The van der Waals surface area contributed by atoms with Crippen molar-refractivity contribution in [1.82, 2.24) is 0 Å². The second-order valence-electron chi connectivity index (χ2n) is 16.8. The third kappa shape index (κ3) is 42.2. The summed E-state index contributed by atoms with van der Waals surface area (Å²) in [7, 11) is 1.17. The third-order valence-corrected chi connectivity index (χ3v) is 11.0. The van der Waals surface area contributed by atoms with Gasteiger partial charge in [0.2, 0.25) is 0 Å². The first-order chi connectivity index (χ1) is 26.5. The lowest BCUT2D eigenvalue weighted by Crippen LogP contribution is -2.37. The van der Waals surface area contributed by atoms with Gasteiger partial charge in [-0.15, -0.1) is 0 Å². The Bertz CT molecular complexity index is 954. The molecule has 0 N–H and O–H groups in total. The van der Waals surface area contributed by atoms with Crippen molar-refractivity contribution < 1.29 is 42.1 Å². The molecule has 9 nitrogen and oxygen atoms in total. The molecule has 0 heterocycles. The van der Waals surface area contributed by atoms with Gasteiger partial charge in [0, 0.05) is 12.8 Å². The molecule has 0 aliphatic rings. The molecule has 0 aliphatic heterocycles. The summed E-state index contributed by atoms with van der Waals surface area (Å²) >= 11 is 0. The van der Waals surface area contributed by atoms with Crippen LogP contribution in [0.3, 0.4) is 0 Å². The van der Waals surface area contributed by atoms with Crippen LogP contribution >= 0.6 is 7.82 Å². The van der Waals surface area contributed by atoms with Crippen LogP contribution in [0.2, 0.25) is 0 Å². The predicted molar refractivity (Wildman–Crippen MR) is 227 cm³/mol. The average molecular weight is 802 g/mol. The summed E-state index contributed by atoms with van der Waals surface area (Å²) in [5.74, 6) is -0.834. The summed E-state index contributed by atoms with van der Waals surface area (Å²) in [6, 6.07) is 0. The highest BCUT2D eigenvalue weighted by Gasteiger charge is 2.21. The first-order valence-corrected chi connectivity index (χ1v) is 24.4. The minimum Gasteiger partial charge on any atom is -0.756 e. The van der Waals surface area contributed by atoms with E-state index in [1.807, 2.05) is 21.1 Å². The summed E-state index contributed by atoms with van der Waals surface area (Å²) in [5.41, 5.74) is 0. The number of unbranched alkanes of at least 4 members (excludes halogenated alkanes) is 26. The van der Waals surface area contributed by atoms with E-state index >= 15 is 0 Å². The van der Waals surface area contributed by atoms with Crippen molar-refractivity contribution in [2.24, 2.45) is 0 Å². The fourth-order valence-electron chi connectivity index (χ4n) is 6.41. The molecule has 0 bridgehead atoms. The lowest BCUT2D eigenvalue weighted by Gasteiger charge is -2.28. The Labute approximate surface area is 339 Å². The van der Waals surface area contributed by atoms with Crippen molar-refractivity contribution >= 4 is 19.8 Å². The van der Waals surface area contributed by atoms with Crippen LogP contribution in [0.1, 0.15) is 213 Å². The molecule has 0 saturated heterocycles. The van der Waals surface area contributed by atoms with Gasteiger partial charge in [-0.25, -0.2) is 0 Å². The van der Waals surface area contributed by atoms with Crippen LogP contribution in [-0.4, -0.2) is 70.0 Å². The molecule has 10 heteroatoms. The highest BCUT2D eigenvalue weighted by molar-refractivity contribution is 7.45. The van der Waals surface area contributed by atoms with Crippen LogP contribution < -0.4 is 4.89 Å². The lowest BCUT2D eigenvalue weighted by atomic mass is 10.0. The van der Waals surface area contributed by atoms with Crippen molar-refractivity contribution in [3.63, 3.8) is 0 Å². The predicted octanol–water partition coefficient (Wildman–Crippen LogP) is 12.3. The Balaban J connectivity index is 4.30. The number of allylic oxidation sites excluding steroid dienone is 2. The number of rotatable bonds is 42. The molecule has 326 valence electrons. The minimum absolute atomic E-state index is 0.0293. The van der Waals surface area contributed by atoms with Gasteiger partial charge < -0.3 is 27.9 Å². The van der Waals surface area contributed by atoms with Crippen molar-refractivity contribution in [2.75, 3.05) is 47.5 Å². The molecule has 0 aromatic rings. The van der Waals surface area contributed by atoms with E-state index in [0.29, 0.717) is 17.4 Å². The number of phosphoric acid groups is 1. The van der Waals surface area contributed by atoms with Crippen LogP contribution in [-0.2, 0) is 32.7 Å². The van der Waals surface area contributed by atoms with E-state index in [1.54, 1.807) is 0 Å². The number of hydrogen-bond donors (Lipinski definition) is 0. The largest absolute Gasteiger partial charge is 0.756 e. The number of likely N-dealkylation sites (N-methyl/N-ethyl adjacent to an activating group) is 1. The van der Waals surface area contributed by atoms with E-state index in [1.165, 1.54) is 128 Å². The van der Waals surface area contributed by atoms with Gasteiger partial charge >= 0.3 is 11.9 Å². The molecule has 0 aliphatic carbocycles. The van der Waals surface area contributed by atoms with Gasteiger partial charge in [-0.1, -0.05) is 174 Å². The number of quaternary nitrogens is 1. The Morgan fingerprint density at radius 3 is 1.35 bits per heavy atom. The molecule has 0 radical (unpaired) electrons. The van der Waals surface area contributed by atoms with Crippen LogP contribution in [0.25, 0.3) is 0 Å². The second-order valence-corrected chi connectivity index (χ2v) is 18.2. The Hall–Kier alpha value is -1.25. The van der Waals surface area contributed by atoms with Crippen molar-refractivity contribution in [2.45, 2.75) is 219 Å². The number of nitrogens with zero attached hydrogens (tertiary/aromatic N) is 1. The molecule has 0 rings (SSSR count). The summed E-state index contributed by atoms with van der Waals surface area (Å²) in [6.45, 7) is 4.24. The zero-order valence-electron chi connectivity index (χ0n) is 36.6. The van der Waals surface area contributed by atoms with Gasteiger partial charge in [-0.3, -0.25) is 14.2 Å². The maximum atomic E-state index is 12.7. The summed E-state index contributed by atoms with van der Waals surface area (Å²) in [6.07, 6.45) is 39.5. The smallest absolute Gasteiger partial charge is 0.306 e. The fourth-order valence-corrected chi connectivity index (χ4v) is 7.14. The van der Waals surface area contributed by atoms with E-state index in [-0.39, 0.29) is 32.0 Å². The molecule has 0 spiro atoms. The summed E-state index contributed by atoms with van der Waals surface area (Å²) in [5, 5.41) is 0. The van der Waals surface area contributed by atoms with Crippen molar-refractivity contribution in [3.05, 3.63) is 12.2 Å². The van der Waals surface area contributed by atoms with E-state index in [4.69, 9.17) is 18.5 Å². The molecule has 0 aromatic carbocycles. The topological polar surface area (TPSA) is 111 Å². The van der Waals surface area contributed by atoms with E-state index in [0.717, 1.165) is 51.4 Å². The van der Waals surface area contributed by atoms with Gasteiger partial charge in [0.05, 0.1) is 27.7 Å². The number of hydrogen-bond acceptors (Lipinski definition) is 8. The number of carbonyl (C=O) groups is 2. The number of phosphoric ester groups is 1. The Morgan fingerprint density at radius 1 is 0.545 bits per heavy atom. The van der Waals surface area contributed by atoms with Gasteiger partial charge in [0.25, 0.3) is 7.82 Å². The standard InChI is InChI=1S/C45H88NO8P/c1-6-8-10-12-14-16-18-20-22-23-24-26-27-29-31-33-35-37-44(47)51-41-43(42-53-55(49,50)52-40-39-46(3,4)5)54-45(48)38-36-34-32-30-28-25-21-19-17-15-13-11-9-7-2/h19,21,43H,6-18,20,22-42H2,1-5H3/b21-19-. The Morgan fingerprint density at radius 2 is 0.927 bits per heavy atom. The zero-order chi connectivity index (χ0) is 40.7. The van der Waals surface area contributed by atoms with Gasteiger partial charge in [0.15, 0.2) is 6.10 Å². The highest BCUT2D eigenvalue weighted by Crippen LogP contribution is 2.38. The van der Waals surface area contributed by atoms with Crippen LogP contribution in [0, 0.1) is 0 Å². The molecule has 55 heavy (non-hydrogen) atoms. The number of carbonyl (C=O) groups excluding carboxylic acids is 2. The van der Waals surface area contributed by atoms with Gasteiger partial charge in [-0.2, -0.15) is 0 Å². The minimum atomic E-state index is -4.62. The van der Waals surface area contributed by atoms with Gasteiger partial charge in [-0.05, 0) is 38.5 Å². The monoisotopic (exact) mass is 802 g/mol. The summed E-state index contributed by atoms with van der Waals surface area (Å²) < 4.78 is 33.9. The van der Waals surface area contributed by atoms with E-state index in [2.05, 4.69) is 26.0 Å². The van der Waals surface area contributed by atoms with Crippen LogP contribution in [0.15, 0.2) is 12.2 Å². The summed E-state index contributed by atoms with van der Waals surface area (Å²) in [4.78, 5) is 37.5. The molecule has 0 amide bonds. The average Bonchev–Trinajstić information content (AvgIpc) is 3.13. The molecule has 2 atom stereocenters. The maximum absolute atomic E-state index is 12.7. The van der Waals surface area contributed by atoms with Gasteiger partial charge in [0.1, 0.15) is 19.8 Å². The van der Waals surface area contributed by atoms with Crippen LogP contribution in [0.4, 0.5) is 0 Å². The Kier molecular flexibility index (Phi) is 37.4. The van der Waals surface area contributed by atoms with E-state index in [9.17, 15) is 19.0 Å². The van der Waals surface area contributed by atoms with Crippen LogP contribution in [0.5, 0.6) is 0 Å². The number of esters is 2. The first-order valence-electron chi connectivity index (χ1n) is 22.9. The fraction of sp³-hybridized carbons (Fsp3) is 0.911. The first kappa shape index (κ1) is 53.8. The molecule has 0 fully saturated rings. The maximum Gasteiger partial charge on any atom is 0.306 e. The van der Waals surface area contributed by atoms with Crippen molar-refractivity contribution in [3.8, 4) is 0 Å². The van der Waals surface area contributed by atoms with E-state index < -0.39 is 26.5 Å². The molecule has 0 saturated carbocycles. The molecule has 2 unspecified atom stereocenters. The molecular weight excluding hydrogens is 713 g/mol. The normalized spacial score (nSPS) is 13.6. The number of ether oxygens (including phenoxy) is 2. The lowest BCUT2D eigenvalue weighted by molar-refractivity contribution is -0.870. The van der Waals surface area contributed by atoms with Crippen molar-refractivity contribution in [1.29, 1.82) is 0 Å². The SMILES string of the molecule is CCCCCCC/C=C\CCCCCCCC(=O)OC(COC(=O)CCCCCCCCCCCCCCCCCCC)COP(=O)([O-])OCC[N+](C)(C)C.